The fourth-order valence-electron chi connectivity index (χ4n) is 3.75. The summed E-state index contributed by atoms with van der Waals surface area (Å²) in [5.74, 6) is -1.60. The van der Waals surface area contributed by atoms with Crippen molar-refractivity contribution in [3.8, 4) is 5.75 Å². The maximum atomic E-state index is 13.8. The lowest BCUT2D eigenvalue weighted by atomic mass is 9.94. The Hall–Kier alpha value is -3.30. The quantitative estimate of drug-likeness (QED) is 0.413. The molecule has 0 spiro atoms. The molecule has 10 heteroatoms. The molecule has 2 rings (SSSR count). The Morgan fingerprint density at radius 2 is 1.65 bits per heavy atom. The van der Waals surface area contributed by atoms with E-state index in [4.69, 9.17) is 16.3 Å². The first kappa shape index (κ1) is 29.9. The summed E-state index contributed by atoms with van der Waals surface area (Å²) in [6, 6.07) is 8.53. The monoisotopic (exact) mass is 533 g/mol. The van der Waals surface area contributed by atoms with Crippen molar-refractivity contribution in [1.29, 1.82) is 0 Å². The van der Waals surface area contributed by atoms with Crippen molar-refractivity contribution in [1.82, 2.24) is 10.2 Å². The van der Waals surface area contributed by atoms with E-state index < -0.39 is 47.7 Å². The number of carbonyl (C=O) groups is 3. The van der Waals surface area contributed by atoms with Crippen molar-refractivity contribution >= 4 is 35.2 Å². The van der Waals surface area contributed by atoms with Crippen molar-refractivity contribution in [3.63, 3.8) is 0 Å². The van der Waals surface area contributed by atoms with E-state index in [0.717, 1.165) is 0 Å². The molecule has 0 radical (unpaired) electrons. The molecule has 0 aliphatic carbocycles. The summed E-state index contributed by atoms with van der Waals surface area (Å²) in [6.45, 7) is 11.1. The van der Waals surface area contributed by atoms with Crippen LogP contribution in [0.3, 0.4) is 0 Å². The van der Waals surface area contributed by atoms with E-state index >= 15 is 0 Å². The van der Waals surface area contributed by atoms with Crippen LogP contribution in [0.5, 0.6) is 5.75 Å². The molecule has 2 aromatic rings. The van der Waals surface area contributed by atoms with Crippen LogP contribution in [0.15, 0.2) is 42.5 Å². The Balaban J connectivity index is 2.59. The van der Waals surface area contributed by atoms with E-state index in [1.165, 1.54) is 17.0 Å². The second kappa shape index (κ2) is 11.8. The number of aliphatic hydroxyl groups excluding tert-OH is 1. The zero-order valence-electron chi connectivity index (χ0n) is 22.3. The van der Waals surface area contributed by atoms with E-state index in [-0.39, 0.29) is 11.3 Å². The van der Waals surface area contributed by atoms with Gasteiger partial charge in [0.2, 0.25) is 5.91 Å². The Morgan fingerprint density at radius 1 is 1.03 bits per heavy atom. The lowest BCUT2D eigenvalue weighted by molar-refractivity contribution is -0.147. The molecule has 0 aliphatic heterocycles. The molecule has 0 aromatic heterocycles. The summed E-state index contributed by atoms with van der Waals surface area (Å²) in [5.41, 5.74) is -0.615. The predicted molar refractivity (Wildman–Crippen MR) is 143 cm³/mol. The second-order valence-electron chi connectivity index (χ2n) is 10.6. The molecular weight excluding hydrogens is 498 g/mol. The molecule has 4 N–H and O–H groups in total. The number of para-hydroxylation sites is 2. The molecule has 2 aromatic carbocycles. The van der Waals surface area contributed by atoms with E-state index in [9.17, 15) is 24.6 Å². The van der Waals surface area contributed by atoms with Gasteiger partial charge in [0, 0.05) is 11.1 Å². The van der Waals surface area contributed by atoms with Crippen LogP contribution in [0.25, 0.3) is 0 Å². The number of nitrogens with one attached hydrogen (secondary N) is 2. The van der Waals surface area contributed by atoms with Gasteiger partial charge in [0.1, 0.15) is 23.4 Å². The van der Waals surface area contributed by atoms with Gasteiger partial charge in [-0.2, -0.15) is 0 Å². The average Bonchev–Trinajstić information content (AvgIpc) is 2.76. The summed E-state index contributed by atoms with van der Waals surface area (Å²) in [4.78, 5) is 41.3. The second-order valence-corrected chi connectivity index (χ2v) is 11.0. The van der Waals surface area contributed by atoms with Crippen LogP contribution in [0.2, 0.25) is 5.02 Å². The first-order valence-electron chi connectivity index (χ1n) is 11.8. The van der Waals surface area contributed by atoms with Crippen molar-refractivity contribution in [2.75, 3.05) is 11.9 Å². The third-order valence-corrected chi connectivity index (χ3v) is 5.65. The average molecular weight is 534 g/mol. The van der Waals surface area contributed by atoms with Crippen LogP contribution in [0.1, 0.15) is 58.7 Å². The van der Waals surface area contributed by atoms with Gasteiger partial charge in [-0.3, -0.25) is 9.59 Å². The van der Waals surface area contributed by atoms with Crippen molar-refractivity contribution in [2.45, 2.75) is 71.7 Å². The number of aliphatic hydroxyl groups is 1. The van der Waals surface area contributed by atoms with Crippen LogP contribution in [0, 0.1) is 6.92 Å². The molecule has 0 heterocycles. The van der Waals surface area contributed by atoms with E-state index in [2.05, 4.69) is 10.6 Å². The smallest absolute Gasteiger partial charge is 0.408 e. The number of aryl methyl sites for hydroxylation is 1. The first-order valence-corrected chi connectivity index (χ1v) is 12.2. The molecule has 9 nitrogen and oxygen atoms in total. The van der Waals surface area contributed by atoms with Gasteiger partial charge in [-0.05, 0) is 66.2 Å². The number of amides is 3. The van der Waals surface area contributed by atoms with Gasteiger partial charge >= 0.3 is 6.09 Å². The summed E-state index contributed by atoms with van der Waals surface area (Å²) in [6.07, 6.45) is -0.899. The van der Waals surface area contributed by atoms with Gasteiger partial charge in [0.25, 0.3) is 5.91 Å². The number of anilines is 1. The van der Waals surface area contributed by atoms with Crippen molar-refractivity contribution in [3.05, 3.63) is 58.6 Å². The van der Waals surface area contributed by atoms with E-state index in [0.29, 0.717) is 16.3 Å². The Morgan fingerprint density at radius 3 is 2.16 bits per heavy atom. The fourth-order valence-corrected chi connectivity index (χ4v) is 4.02. The number of ether oxygens (including phenoxy) is 1. The van der Waals surface area contributed by atoms with Crippen molar-refractivity contribution < 1.29 is 29.3 Å². The van der Waals surface area contributed by atoms with Crippen LogP contribution in [-0.4, -0.2) is 56.8 Å². The molecule has 37 heavy (non-hydrogen) atoms. The molecule has 0 saturated carbocycles. The minimum Gasteiger partial charge on any atom is -0.508 e. The zero-order valence-corrected chi connectivity index (χ0v) is 23.0. The number of halogens is 1. The highest BCUT2D eigenvalue weighted by Gasteiger charge is 2.43. The third-order valence-electron chi connectivity index (χ3n) is 5.34. The Labute approximate surface area is 222 Å². The maximum Gasteiger partial charge on any atom is 0.408 e. The SMILES string of the molecule is Cc1cccc(Cl)c1NC(=O)C(c1ccccc1O)N(C(=O)C(CO)NC(=O)OC(C)(C)C)C(C)(C)C. The van der Waals surface area contributed by atoms with E-state index in [1.807, 2.05) is 0 Å². The number of carbonyl (C=O) groups excluding carboxylic acids is 3. The molecule has 0 bridgehead atoms. The van der Waals surface area contributed by atoms with Gasteiger partial charge < -0.3 is 30.5 Å². The number of hydrogen-bond acceptors (Lipinski definition) is 6. The number of nitrogens with zero attached hydrogens (tertiary/aromatic N) is 1. The fraction of sp³-hybridized carbons (Fsp3) is 0.444. The normalized spacial score (nSPS) is 13.3. The number of benzene rings is 2. The maximum absolute atomic E-state index is 13.8. The number of aromatic hydroxyl groups is 1. The lowest BCUT2D eigenvalue weighted by Crippen LogP contribution is -2.59. The van der Waals surface area contributed by atoms with Crippen LogP contribution in [-0.2, 0) is 14.3 Å². The molecule has 2 atom stereocenters. The number of phenolic OH excluding ortho intramolecular Hbond substituents is 1. The highest BCUT2D eigenvalue weighted by Crippen LogP contribution is 2.36. The molecule has 3 amide bonds. The van der Waals surface area contributed by atoms with Gasteiger partial charge in [0.15, 0.2) is 0 Å². The van der Waals surface area contributed by atoms with E-state index in [1.54, 1.807) is 78.8 Å². The number of phenols is 1. The van der Waals surface area contributed by atoms with Gasteiger partial charge in [0.05, 0.1) is 17.3 Å². The standard InChI is InChI=1S/C27H36ClN3O6/c1-16-11-10-13-18(28)21(16)30-23(34)22(17-12-8-9-14-20(17)33)31(26(2,3)4)24(35)19(15-32)29-25(36)37-27(5,6)7/h8-14,19,22,32-33H,15H2,1-7H3,(H,29,36)(H,30,34). The lowest BCUT2D eigenvalue weighted by Gasteiger charge is -2.43. The third kappa shape index (κ3) is 7.84. The topological polar surface area (TPSA) is 128 Å². The van der Waals surface area contributed by atoms with Crippen LogP contribution >= 0.6 is 11.6 Å². The van der Waals surface area contributed by atoms with Crippen LogP contribution in [0.4, 0.5) is 10.5 Å². The molecular formula is C27H36ClN3O6. The minimum absolute atomic E-state index is 0.155. The highest BCUT2D eigenvalue weighted by molar-refractivity contribution is 6.34. The molecule has 0 fully saturated rings. The van der Waals surface area contributed by atoms with Gasteiger partial charge in [-0.1, -0.05) is 41.9 Å². The first-order chi connectivity index (χ1) is 17.1. The molecule has 202 valence electrons. The minimum atomic E-state index is -1.42. The van der Waals surface area contributed by atoms with Gasteiger partial charge in [-0.15, -0.1) is 0 Å². The molecule has 0 saturated heterocycles. The zero-order chi connectivity index (χ0) is 28.1. The van der Waals surface area contributed by atoms with Gasteiger partial charge in [-0.25, -0.2) is 4.79 Å². The summed E-state index contributed by atoms with van der Waals surface area (Å²) in [5, 5.41) is 26.2. The Bertz CT molecular complexity index is 1120. The summed E-state index contributed by atoms with van der Waals surface area (Å²) < 4.78 is 5.24. The summed E-state index contributed by atoms with van der Waals surface area (Å²) in [7, 11) is 0. The highest BCUT2D eigenvalue weighted by atomic mass is 35.5. The Kier molecular flexibility index (Phi) is 9.57. The largest absolute Gasteiger partial charge is 0.508 e. The van der Waals surface area contributed by atoms with Crippen LogP contribution < -0.4 is 10.6 Å². The number of alkyl carbamates (subject to hydrolysis) is 1. The predicted octanol–water partition coefficient (Wildman–Crippen LogP) is 4.55. The summed E-state index contributed by atoms with van der Waals surface area (Å²) >= 11 is 6.33. The van der Waals surface area contributed by atoms with Crippen molar-refractivity contribution in [2.24, 2.45) is 0 Å². The number of hydrogen-bond donors (Lipinski definition) is 4. The molecule has 2 unspecified atom stereocenters. The number of rotatable bonds is 7. The molecule has 0 aliphatic rings.